The fraction of sp³-hybridized carbons (Fsp3) is 0.0500. The van der Waals surface area contributed by atoms with Crippen LogP contribution in [0, 0.1) is 11.6 Å². The molecule has 1 amide bonds. The summed E-state index contributed by atoms with van der Waals surface area (Å²) in [5, 5.41) is 2.61. The minimum absolute atomic E-state index is 0.215. The Labute approximate surface area is 148 Å². The van der Waals surface area contributed by atoms with Gasteiger partial charge in [0, 0.05) is 22.4 Å². The first kappa shape index (κ1) is 17.2. The summed E-state index contributed by atoms with van der Waals surface area (Å²) < 4.78 is 26.3. The van der Waals surface area contributed by atoms with Gasteiger partial charge in [-0.15, -0.1) is 11.8 Å². The third-order valence-corrected chi connectivity index (χ3v) is 4.69. The number of halogens is 2. The molecular weight excluding hydrogens is 340 g/mol. The van der Waals surface area contributed by atoms with Crippen LogP contribution in [0.2, 0.25) is 0 Å². The van der Waals surface area contributed by atoms with Gasteiger partial charge in [-0.25, -0.2) is 8.78 Å². The van der Waals surface area contributed by atoms with Crippen LogP contribution in [0.3, 0.4) is 0 Å². The maximum absolute atomic E-state index is 13.3. The van der Waals surface area contributed by atoms with Gasteiger partial charge < -0.3 is 5.32 Å². The van der Waals surface area contributed by atoms with E-state index < -0.39 is 11.6 Å². The van der Waals surface area contributed by atoms with E-state index >= 15 is 0 Å². The summed E-state index contributed by atoms with van der Waals surface area (Å²) in [5.74, 6) is -1.57. The van der Waals surface area contributed by atoms with E-state index in [1.54, 1.807) is 23.9 Å². The standard InChI is InChI=1S/C20H15F2NOS/c21-17-11-10-15(12-18(17)22)23-20(24)16-8-4-5-9-19(16)25-13-14-6-2-1-3-7-14/h1-12H,13H2,(H,23,24). The Morgan fingerprint density at radius 1 is 0.880 bits per heavy atom. The van der Waals surface area contributed by atoms with Gasteiger partial charge in [0.2, 0.25) is 0 Å². The molecule has 0 atom stereocenters. The SMILES string of the molecule is O=C(Nc1ccc(F)c(F)c1)c1ccccc1SCc1ccccc1. The van der Waals surface area contributed by atoms with Crippen LogP contribution >= 0.6 is 11.8 Å². The molecule has 0 saturated heterocycles. The minimum atomic E-state index is -0.996. The quantitative estimate of drug-likeness (QED) is 0.612. The molecule has 1 N–H and O–H groups in total. The van der Waals surface area contributed by atoms with Crippen molar-refractivity contribution in [1.82, 2.24) is 0 Å². The highest BCUT2D eigenvalue weighted by Gasteiger charge is 2.13. The number of hydrogen-bond acceptors (Lipinski definition) is 2. The van der Waals surface area contributed by atoms with Crippen LogP contribution in [0.15, 0.2) is 77.7 Å². The van der Waals surface area contributed by atoms with Gasteiger partial charge in [0.15, 0.2) is 11.6 Å². The van der Waals surface area contributed by atoms with E-state index in [1.807, 2.05) is 42.5 Å². The fourth-order valence-corrected chi connectivity index (χ4v) is 3.29. The molecule has 25 heavy (non-hydrogen) atoms. The molecule has 2 nitrogen and oxygen atoms in total. The number of nitrogens with one attached hydrogen (secondary N) is 1. The van der Waals surface area contributed by atoms with Crippen LogP contribution in [-0.2, 0) is 5.75 Å². The van der Waals surface area contributed by atoms with Crippen molar-refractivity contribution in [2.75, 3.05) is 5.32 Å². The first-order valence-electron chi connectivity index (χ1n) is 7.65. The minimum Gasteiger partial charge on any atom is -0.322 e. The lowest BCUT2D eigenvalue weighted by atomic mass is 10.2. The molecule has 0 heterocycles. The molecule has 0 aromatic heterocycles. The summed E-state index contributed by atoms with van der Waals surface area (Å²) in [7, 11) is 0. The van der Waals surface area contributed by atoms with Gasteiger partial charge in [0.25, 0.3) is 5.91 Å². The Bertz CT molecular complexity index is 884. The third kappa shape index (κ3) is 4.45. The van der Waals surface area contributed by atoms with Gasteiger partial charge in [-0.3, -0.25) is 4.79 Å². The first-order chi connectivity index (χ1) is 12.1. The van der Waals surface area contributed by atoms with Crippen LogP contribution in [0.1, 0.15) is 15.9 Å². The van der Waals surface area contributed by atoms with E-state index in [0.717, 1.165) is 28.3 Å². The highest BCUT2D eigenvalue weighted by Crippen LogP contribution is 2.27. The molecule has 0 radical (unpaired) electrons. The van der Waals surface area contributed by atoms with Crippen LogP contribution in [0.4, 0.5) is 14.5 Å². The van der Waals surface area contributed by atoms with Gasteiger partial charge in [-0.2, -0.15) is 0 Å². The smallest absolute Gasteiger partial charge is 0.256 e. The number of amides is 1. The van der Waals surface area contributed by atoms with Crippen LogP contribution in [-0.4, -0.2) is 5.91 Å². The number of carbonyl (C=O) groups is 1. The van der Waals surface area contributed by atoms with E-state index in [-0.39, 0.29) is 11.6 Å². The summed E-state index contributed by atoms with van der Waals surface area (Å²) in [4.78, 5) is 13.3. The largest absolute Gasteiger partial charge is 0.322 e. The van der Waals surface area contributed by atoms with E-state index in [4.69, 9.17) is 0 Å². The summed E-state index contributed by atoms with van der Waals surface area (Å²) in [5.41, 5.74) is 1.86. The van der Waals surface area contributed by atoms with Gasteiger partial charge in [-0.1, -0.05) is 42.5 Å². The number of rotatable bonds is 5. The second-order valence-corrected chi connectivity index (χ2v) is 6.37. The molecule has 0 saturated carbocycles. The van der Waals surface area contributed by atoms with Crippen LogP contribution in [0.5, 0.6) is 0 Å². The molecule has 0 spiro atoms. The number of thioether (sulfide) groups is 1. The summed E-state index contributed by atoms with van der Waals surface area (Å²) in [6, 6.07) is 20.4. The third-order valence-electron chi connectivity index (χ3n) is 3.55. The lowest BCUT2D eigenvalue weighted by Gasteiger charge is -2.10. The van der Waals surface area contributed by atoms with Crippen molar-refractivity contribution >= 4 is 23.4 Å². The van der Waals surface area contributed by atoms with Gasteiger partial charge in [0.1, 0.15) is 0 Å². The summed E-state index contributed by atoms with van der Waals surface area (Å²) >= 11 is 1.55. The summed E-state index contributed by atoms with van der Waals surface area (Å²) in [6.45, 7) is 0. The fourth-order valence-electron chi connectivity index (χ4n) is 2.29. The molecular formula is C20H15F2NOS. The van der Waals surface area contributed by atoms with Crippen molar-refractivity contribution in [3.8, 4) is 0 Å². The average Bonchev–Trinajstić information content (AvgIpc) is 2.64. The van der Waals surface area contributed by atoms with Gasteiger partial charge in [0.05, 0.1) is 5.56 Å². The molecule has 0 bridgehead atoms. The molecule has 3 aromatic carbocycles. The number of benzene rings is 3. The Kier molecular flexibility index (Phi) is 5.46. The van der Waals surface area contributed by atoms with Crippen molar-refractivity contribution in [3.05, 3.63) is 95.6 Å². The van der Waals surface area contributed by atoms with E-state index in [9.17, 15) is 13.6 Å². The highest BCUT2D eigenvalue weighted by atomic mass is 32.2. The average molecular weight is 355 g/mol. The van der Waals surface area contributed by atoms with Gasteiger partial charge in [-0.05, 0) is 29.8 Å². The Morgan fingerprint density at radius 3 is 2.36 bits per heavy atom. The van der Waals surface area contributed by atoms with Crippen molar-refractivity contribution in [1.29, 1.82) is 0 Å². The van der Waals surface area contributed by atoms with Gasteiger partial charge >= 0.3 is 0 Å². The van der Waals surface area contributed by atoms with Crippen LogP contribution in [0.25, 0.3) is 0 Å². The number of anilines is 1. The van der Waals surface area contributed by atoms with Crippen molar-refractivity contribution in [2.24, 2.45) is 0 Å². The van der Waals surface area contributed by atoms with E-state index in [1.165, 1.54) is 6.07 Å². The molecule has 5 heteroatoms. The Hall–Kier alpha value is -2.66. The molecule has 0 fully saturated rings. The topological polar surface area (TPSA) is 29.1 Å². The normalized spacial score (nSPS) is 10.5. The second-order valence-electron chi connectivity index (χ2n) is 5.35. The molecule has 0 aliphatic rings. The zero-order valence-corrected chi connectivity index (χ0v) is 14.0. The zero-order valence-electron chi connectivity index (χ0n) is 13.2. The predicted octanol–water partition coefficient (Wildman–Crippen LogP) is 5.51. The summed E-state index contributed by atoms with van der Waals surface area (Å²) in [6.07, 6.45) is 0. The molecule has 0 unspecified atom stereocenters. The van der Waals surface area contributed by atoms with Crippen molar-refractivity contribution < 1.29 is 13.6 Å². The first-order valence-corrected chi connectivity index (χ1v) is 8.64. The molecule has 0 aliphatic carbocycles. The van der Waals surface area contributed by atoms with E-state index in [0.29, 0.717) is 5.56 Å². The molecule has 3 rings (SSSR count). The second kappa shape index (κ2) is 7.94. The lowest BCUT2D eigenvalue weighted by Crippen LogP contribution is -2.13. The maximum Gasteiger partial charge on any atom is 0.256 e. The number of carbonyl (C=O) groups excluding carboxylic acids is 1. The van der Waals surface area contributed by atoms with Crippen molar-refractivity contribution in [2.45, 2.75) is 10.6 Å². The zero-order chi connectivity index (χ0) is 17.6. The van der Waals surface area contributed by atoms with Crippen molar-refractivity contribution in [3.63, 3.8) is 0 Å². The number of hydrogen-bond donors (Lipinski definition) is 1. The monoisotopic (exact) mass is 355 g/mol. The lowest BCUT2D eigenvalue weighted by molar-refractivity contribution is 0.102. The molecule has 126 valence electrons. The van der Waals surface area contributed by atoms with Crippen LogP contribution < -0.4 is 5.32 Å². The highest BCUT2D eigenvalue weighted by molar-refractivity contribution is 7.98. The Morgan fingerprint density at radius 2 is 1.60 bits per heavy atom. The van der Waals surface area contributed by atoms with E-state index in [2.05, 4.69) is 5.32 Å². The maximum atomic E-state index is 13.3. The Balaban J connectivity index is 1.75. The molecule has 0 aliphatic heterocycles. The molecule has 3 aromatic rings. The predicted molar refractivity (Wildman–Crippen MR) is 96.8 cm³/mol.